The maximum atomic E-state index is 11.3. The molecule has 0 heterocycles. The zero-order valence-electron chi connectivity index (χ0n) is 10.9. The van der Waals surface area contributed by atoms with Crippen molar-refractivity contribution in [3.63, 3.8) is 0 Å². The molecule has 0 saturated carbocycles. The Balaban J connectivity index is 2.68. The normalized spacial score (nSPS) is 12.2. The van der Waals surface area contributed by atoms with E-state index in [4.69, 9.17) is 33.1 Å². The molecule has 7 heteroatoms. The second kappa shape index (κ2) is 7.77. The van der Waals surface area contributed by atoms with E-state index in [2.05, 4.69) is 9.89 Å². The Labute approximate surface area is 126 Å². The van der Waals surface area contributed by atoms with Crippen LogP contribution in [0.3, 0.4) is 0 Å². The van der Waals surface area contributed by atoms with E-state index in [1.807, 2.05) is 0 Å². The standard InChI is InChI=1S/C13H13Cl2NO4/c1-8(10(6-17)13(18)19-2)16-20-7-9-3-4-11(14)12(15)5-9/h3-6,17H,7H2,1-2H3. The summed E-state index contributed by atoms with van der Waals surface area (Å²) in [5.74, 6) is -0.702. The van der Waals surface area contributed by atoms with E-state index in [9.17, 15) is 4.79 Å². The van der Waals surface area contributed by atoms with Crippen molar-refractivity contribution in [2.45, 2.75) is 13.5 Å². The molecule has 108 valence electrons. The highest BCUT2D eigenvalue weighted by molar-refractivity contribution is 6.42. The number of esters is 1. The van der Waals surface area contributed by atoms with Gasteiger partial charge in [-0.2, -0.15) is 0 Å². The summed E-state index contributed by atoms with van der Waals surface area (Å²) in [6.45, 7) is 1.65. The average Bonchev–Trinajstić information content (AvgIpc) is 2.43. The van der Waals surface area contributed by atoms with Gasteiger partial charge in [0.1, 0.15) is 12.2 Å². The third-order valence-electron chi connectivity index (χ3n) is 2.34. The van der Waals surface area contributed by atoms with Crippen molar-refractivity contribution in [1.29, 1.82) is 0 Å². The van der Waals surface area contributed by atoms with Crippen molar-refractivity contribution < 1.29 is 19.5 Å². The number of aliphatic hydroxyl groups is 1. The summed E-state index contributed by atoms with van der Waals surface area (Å²) in [5, 5.41) is 13.5. The van der Waals surface area contributed by atoms with Crippen molar-refractivity contribution in [1.82, 2.24) is 0 Å². The van der Waals surface area contributed by atoms with E-state index in [0.29, 0.717) is 16.3 Å². The smallest absolute Gasteiger partial charge is 0.342 e. The fourth-order valence-corrected chi connectivity index (χ4v) is 1.61. The second-order valence-corrected chi connectivity index (χ2v) is 4.55. The monoisotopic (exact) mass is 317 g/mol. The molecule has 0 aliphatic carbocycles. The first-order chi connectivity index (χ1) is 9.49. The van der Waals surface area contributed by atoms with Gasteiger partial charge in [0.15, 0.2) is 0 Å². The van der Waals surface area contributed by atoms with Crippen LogP contribution in [-0.2, 0) is 21.0 Å². The average molecular weight is 318 g/mol. The maximum Gasteiger partial charge on any atom is 0.342 e. The molecule has 0 aliphatic rings. The van der Waals surface area contributed by atoms with Gasteiger partial charge in [-0.3, -0.25) is 0 Å². The number of halogens is 2. The molecule has 0 bridgehead atoms. The molecule has 1 rings (SSSR count). The van der Waals surface area contributed by atoms with Crippen molar-refractivity contribution in [2.75, 3.05) is 7.11 Å². The zero-order valence-corrected chi connectivity index (χ0v) is 12.4. The third kappa shape index (κ3) is 4.43. The summed E-state index contributed by atoms with van der Waals surface area (Å²) < 4.78 is 4.48. The topological polar surface area (TPSA) is 68.1 Å². The van der Waals surface area contributed by atoms with Crippen LogP contribution in [0.15, 0.2) is 35.2 Å². The van der Waals surface area contributed by atoms with E-state index in [0.717, 1.165) is 5.56 Å². The van der Waals surface area contributed by atoms with Crippen molar-refractivity contribution in [3.05, 3.63) is 45.6 Å². The number of nitrogens with zero attached hydrogens (tertiary/aromatic N) is 1. The first-order valence-electron chi connectivity index (χ1n) is 5.53. The SMILES string of the molecule is COC(=O)C(=CO)C(C)=NOCc1ccc(Cl)c(Cl)c1. The number of aliphatic hydroxyl groups excluding tert-OH is 1. The molecule has 0 fully saturated rings. The minimum absolute atomic E-state index is 0.0818. The highest BCUT2D eigenvalue weighted by Crippen LogP contribution is 2.22. The number of ether oxygens (including phenoxy) is 1. The quantitative estimate of drug-likeness (QED) is 0.297. The molecular weight excluding hydrogens is 305 g/mol. The third-order valence-corrected chi connectivity index (χ3v) is 3.08. The number of carbonyl (C=O) groups excluding carboxylic acids is 1. The molecule has 1 N–H and O–H groups in total. The molecule has 0 aliphatic heterocycles. The lowest BCUT2D eigenvalue weighted by atomic mass is 10.2. The van der Waals surface area contributed by atoms with Gasteiger partial charge in [-0.15, -0.1) is 0 Å². The largest absolute Gasteiger partial charge is 0.515 e. The number of hydrogen-bond donors (Lipinski definition) is 1. The number of carbonyl (C=O) groups is 1. The molecule has 0 amide bonds. The molecule has 5 nitrogen and oxygen atoms in total. The van der Waals surface area contributed by atoms with Gasteiger partial charge < -0.3 is 14.7 Å². The molecule has 0 aromatic heterocycles. The molecule has 1 aromatic carbocycles. The number of benzene rings is 1. The minimum Gasteiger partial charge on any atom is -0.515 e. The lowest BCUT2D eigenvalue weighted by Gasteiger charge is -2.05. The fraction of sp³-hybridized carbons (Fsp3) is 0.231. The molecular formula is C13H13Cl2NO4. The van der Waals surface area contributed by atoms with Gasteiger partial charge in [0.2, 0.25) is 0 Å². The Morgan fingerprint density at radius 3 is 2.65 bits per heavy atom. The first kappa shape index (κ1) is 16.3. The summed E-state index contributed by atoms with van der Waals surface area (Å²) in [6.07, 6.45) is 0.618. The van der Waals surface area contributed by atoms with Crippen LogP contribution in [0.1, 0.15) is 12.5 Å². The Morgan fingerprint density at radius 1 is 1.40 bits per heavy atom. The predicted octanol–water partition coefficient (Wildman–Crippen LogP) is 3.50. The van der Waals surface area contributed by atoms with Crippen molar-refractivity contribution >= 4 is 34.9 Å². The lowest BCUT2D eigenvalue weighted by molar-refractivity contribution is -0.135. The van der Waals surface area contributed by atoms with Gasteiger partial charge >= 0.3 is 5.97 Å². The van der Waals surface area contributed by atoms with Crippen LogP contribution in [0.2, 0.25) is 10.0 Å². The Hall–Kier alpha value is -1.72. The van der Waals surface area contributed by atoms with E-state index < -0.39 is 5.97 Å². The summed E-state index contributed by atoms with van der Waals surface area (Å²) in [6, 6.07) is 5.03. The van der Waals surface area contributed by atoms with E-state index in [-0.39, 0.29) is 17.9 Å². The maximum absolute atomic E-state index is 11.3. The van der Waals surface area contributed by atoms with Crippen LogP contribution in [0.25, 0.3) is 0 Å². The van der Waals surface area contributed by atoms with E-state index in [1.165, 1.54) is 14.0 Å². The number of rotatable bonds is 5. The molecule has 1 aromatic rings. The second-order valence-electron chi connectivity index (χ2n) is 3.73. The van der Waals surface area contributed by atoms with Gasteiger partial charge in [-0.05, 0) is 24.6 Å². The highest BCUT2D eigenvalue weighted by Gasteiger charge is 2.13. The van der Waals surface area contributed by atoms with Crippen LogP contribution in [-0.4, -0.2) is 23.9 Å². The van der Waals surface area contributed by atoms with Gasteiger partial charge in [0, 0.05) is 0 Å². The van der Waals surface area contributed by atoms with Crippen molar-refractivity contribution in [3.8, 4) is 0 Å². The molecule has 0 spiro atoms. The fourth-order valence-electron chi connectivity index (χ4n) is 1.29. The van der Waals surface area contributed by atoms with Crippen LogP contribution < -0.4 is 0 Å². The number of hydrogen-bond acceptors (Lipinski definition) is 5. The molecule has 0 atom stereocenters. The summed E-state index contributed by atoms with van der Waals surface area (Å²) in [5.41, 5.74) is 0.879. The van der Waals surface area contributed by atoms with Crippen LogP contribution in [0, 0.1) is 0 Å². The van der Waals surface area contributed by atoms with Crippen LogP contribution >= 0.6 is 23.2 Å². The Bertz CT molecular complexity index is 555. The Morgan fingerprint density at radius 2 is 2.10 bits per heavy atom. The molecule has 20 heavy (non-hydrogen) atoms. The molecule has 0 radical (unpaired) electrons. The van der Waals surface area contributed by atoms with Gasteiger partial charge in [0.25, 0.3) is 0 Å². The lowest BCUT2D eigenvalue weighted by Crippen LogP contribution is -2.12. The van der Waals surface area contributed by atoms with E-state index >= 15 is 0 Å². The van der Waals surface area contributed by atoms with Gasteiger partial charge in [-0.1, -0.05) is 34.4 Å². The summed E-state index contributed by atoms with van der Waals surface area (Å²) >= 11 is 11.7. The van der Waals surface area contributed by atoms with E-state index in [1.54, 1.807) is 18.2 Å². The highest BCUT2D eigenvalue weighted by atomic mass is 35.5. The van der Waals surface area contributed by atoms with Crippen LogP contribution in [0.5, 0.6) is 0 Å². The summed E-state index contributed by atoms with van der Waals surface area (Å²) in [4.78, 5) is 16.4. The predicted molar refractivity (Wildman–Crippen MR) is 77.1 cm³/mol. The van der Waals surface area contributed by atoms with Gasteiger partial charge in [0.05, 0.1) is 29.1 Å². The molecule has 0 saturated heterocycles. The van der Waals surface area contributed by atoms with Crippen LogP contribution in [0.4, 0.5) is 0 Å². The minimum atomic E-state index is -0.702. The van der Waals surface area contributed by atoms with Gasteiger partial charge in [-0.25, -0.2) is 4.79 Å². The summed E-state index contributed by atoms with van der Waals surface area (Å²) in [7, 11) is 1.20. The number of methoxy groups -OCH3 is 1. The zero-order chi connectivity index (χ0) is 15.1. The Kier molecular flexibility index (Phi) is 6.35. The van der Waals surface area contributed by atoms with Crippen molar-refractivity contribution in [2.24, 2.45) is 5.16 Å². The first-order valence-corrected chi connectivity index (χ1v) is 6.28. The molecule has 0 unspecified atom stereocenters. The number of oxime groups is 1.